The van der Waals surface area contributed by atoms with Crippen LogP contribution in [0.25, 0.3) is 10.6 Å². The van der Waals surface area contributed by atoms with E-state index in [9.17, 15) is 9.59 Å². The van der Waals surface area contributed by atoms with Gasteiger partial charge in [0.05, 0.1) is 13.1 Å². The van der Waals surface area contributed by atoms with Gasteiger partial charge in [-0.1, -0.05) is 30.4 Å². The molecule has 2 fully saturated rings. The molecular weight excluding hydrogens is 364 g/mol. The summed E-state index contributed by atoms with van der Waals surface area (Å²) in [5.41, 5.74) is 0.962. The van der Waals surface area contributed by atoms with E-state index >= 15 is 0 Å². The normalized spacial score (nSPS) is 21.9. The van der Waals surface area contributed by atoms with Crippen molar-refractivity contribution in [1.82, 2.24) is 20.0 Å². The molecule has 142 valence electrons. The number of likely N-dealkylation sites (N-methyl/N-ethyl adjacent to an activating group) is 1. The molecule has 0 radical (unpaired) electrons. The third-order valence-electron chi connectivity index (χ3n) is 5.03. The Kier molecular flexibility index (Phi) is 4.59. The van der Waals surface area contributed by atoms with E-state index in [0.717, 1.165) is 28.4 Å². The number of likely N-dealkylation sites (tertiary alicyclic amines) is 1. The van der Waals surface area contributed by atoms with Gasteiger partial charge in [0.15, 0.2) is 5.60 Å². The number of aromatic nitrogens is 2. The van der Waals surface area contributed by atoms with Crippen LogP contribution >= 0.6 is 11.3 Å². The van der Waals surface area contributed by atoms with Crippen LogP contribution in [0.1, 0.15) is 35.1 Å². The summed E-state index contributed by atoms with van der Waals surface area (Å²) in [6, 6.07) is 7.51. The minimum absolute atomic E-state index is 0.0439. The predicted molar refractivity (Wildman–Crippen MR) is 102 cm³/mol. The third-order valence-corrected chi connectivity index (χ3v) is 6.06. The summed E-state index contributed by atoms with van der Waals surface area (Å²) in [5.74, 6) is -0.0439. The smallest absolute Gasteiger partial charge is 0.410 e. The molecule has 2 aliphatic heterocycles. The molecule has 0 saturated carbocycles. The van der Waals surface area contributed by atoms with E-state index in [1.807, 2.05) is 24.3 Å². The lowest BCUT2D eigenvalue weighted by molar-refractivity contribution is 0.0553. The van der Waals surface area contributed by atoms with Crippen LogP contribution in [0.3, 0.4) is 0 Å². The van der Waals surface area contributed by atoms with Gasteiger partial charge in [-0.2, -0.15) is 0 Å². The van der Waals surface area contributed by atoms with Crippen LogP contribution in [-0.4, -0.2) is 64.3 Å². The quantitative estimate of drug-likeness (QED) is 0.808. The Bertz CT molecular complexity index is 883. The standard InChI is InChI=1S/C19H22N4O3S/c1-3-5-15-20-21-16(27-15)13-6-4-7-14(10-13)17(24)23-9-8-19(12-23)11-22(2)18(25)26-19/h4,6-7,10H,3,5,8-9,11-12H2,1-2H3. The second-order valence-corrected chi connectivity index (χ2v) is 8.28. The van der Waals surface area contributed by atoms with Crippen LogP contribution in [-0.2, 0) is 11.2 Å². The lowest BCUT2D eigenvalue weighted by atomic mass is 10.0. The molecular formula is C19H22N4O3S. The fourth-order valence-electron chi connectivity index (χ4n) is 3.68. The molecule has 0 aliphatic carbocycles. The molecule has 2 saturated heterocycles. The topological polar surface area (TPSA) is 75.6 Å². The zero-order valence-electron chi connectivity index (χ0n) is 15.5. The molecule has 0 N–H and O–H groups in total. The molecule has 1 aromatic carbocycles. The van der Waals surface area contributed by atoms with E-state index < -0.39 is 5.60 Å². The summed E-state index contributed by atoms with van der Waals surface area (Å²) in [6.45, 7) is 3.67. The van der Waals surface area contributed by atoms with Crippen molar-refractivity contribution in [2.24, 2.45) is 0 Å². The van der Waals surface area contributed by atoms with E-state index in [1.165, 1.54) is 0 Å². The van der Waals surface area contributed by atoms with Crippen LogP contribution in [0.5, 0.6) is 0 Å². The zero-order valence-corrected chi connectivity index (χ0v) is 16.3. The van der Waals surface area contributed by atoms with Gasteiger partial charge in [-0.25, -0.2) is 4.79 Å². The van der Waals surface area contributed by atoms with Crippen molar-refractivity contribution in [2.45, 2.75) is 31.8 Å². The number of amides is 2. The Labute approximate surface area is 161 Å². The lowest BCUT2D eigenvalue weighted by Crippen LogP contribution is -2.39. The van der Waals surface area contributed by atoms with Gasteiger partial charge in [0, 0.05) is 37.6 Å². The second-order valence-electron chi connectivity index (χ2n) is 7.22. The predicted octanol–water partition coefficient (Wildman–Crippen LogP) is 2.82. The first-order chi connectivity index (χ1) is 13.0. The number of benzene rings is 1. The summed E-state index contributed by atoms with van der Waals surface area (Å²) >= 11 is 1.57. The Hall–Kier alpha value is -2.48. The van der Waals surface area contributed by atoms with Gasteiger partial charge in [0.25, 0.3) is 5.91 Å². The number of carbonyl (C=O) groups excluding carboxylic acids is 2. The Morgan fingerprint density at radius 1 is 1.33 bits per heavy atom. The van der Waals surface area contributed by atoms with E-state index in [-0.39, 0.29) is 12.0 Å². The van der Waals surface area contributed by atoms with Crippen molar-refractivity contribution < 1.29 is 14.3 Å². The maximum atomic E-state index is 13.0. The summed E-state index contributed by atoms with van der Waals surface area (Å²) in [4.78, 5) is 28.0. The molecule has 7 nitrogen and oxygen atoms in total. The van der Waals surface area contributed by atoms with Crippen LogP contribution in [0, 0.1) is 0 Å². The first kappa shape index (κ1) is 17.9. The molecule has 2 aromatic rings. The van der Waals surface area contributed by atoms with Crippen molar-refractivity contribution in [3.63, 3.8) is 0 Å². The highest BCUT2D eigenvalue weighted by atomic mass is 32.1. The lowest BCUT2D eigenvalue weighted by Gasteiger charge is -2.22. The summed E-state index contributed by atoms with van der Waals surface area (Å²) in [7, 11) is 1.72. The second kappa shape index (κ2) is 6.92. The average Bonchev–Trinajstić information content (AvgIpc) is 3.35. The highest BCUT2D eigenvalue weighted by Gasteiger charge is 2.49. The van der Waals surface area contributed by atoms with Crippen LogP contribution < -0.4 is 0 Å². The van der Waals surface area contributed by atoms with Crippen molar-refractivity contribution in [3.05, 3.63) is 34.8 Å². The van der Waals surface area contributed by atoms with Crippen LogP contribution in [0.4, 0.5) is 4.79 Å². The monoisotopic (exact) mass is 386 g/mol. The fourth-order valence-corrected chi connectivity index (χ4v) is 4.61. The van der Waals surface area contributed by atoms with E-state index in [4.69, 9.17) is 4.74 Å². The molecule has 1 unspecified atom stereocenters. The Balaban J connectivity index is 1.50. The number of hydrogen-bond donors (Lipinski definition) is 0. The zero-order chi connectivity index (χ0) is 19.0. The van der Waals surface area contributed by atoms with Crippen molar-refractivity contribution in [1.29, 1.82) is 0 Å². The molecule has 1 spiro atoms. The fraction of sp³-hybridized carbons (Fsp3) is 0.474. The van der Waals surface area contributed by atoms with Gasteiger partial charge in [0.2, 0.25) is 0 Å². The Morgan fingerprint density at radius 2 is 2.19 bits per heavy atom. The SMILES string of the molecule is CCCc1nnc(-c2cccc(C(=O)N3CCC4(CN(C)C(=O)O4)C3)c2)s1. The molecule has 8 heteroatoms. The van der Waals surface area contributed by atoms with Gasteiger partial charge < -0.3 is 14.5 Å². The first-order valence-electron chi connectivity index (χ1n) is 9.16. The number of nitrogens with zero attached hydrogens (tertiary/aromatic N) is 4. The molecule has 2 aliphatic rings. The molecule has 2 amide bonds. The summed E-state index contributed by atoms with van der Waals surface area (Å²) in [6.07, 6.45) is 2.30. The van der Waals surface area contributed by atoms with E-state index in [2.05, 4.69) is 17.1 Å². The van der Waals surface area contributed by atoms with Crippen molar-refractivity contribution >= 4 is 23.3 Å². The largest absolute Gasteiger partial charge is 0.439 e. The minimum Gasteiger partial charge on any atom is -0.439 e. The average molecular weight is 386 g/mol. The van der Waals surface area contributed by atoms with Gasteiger partial charge in [-0.15, -0.1) is 10.2 Å². The first-order valence-corrected chi connectivity index (χ1v) is 9.97. The number of aryl methyl sites for hydroxylation is 1. The van der Waals surface area contributed by atoms with Crippen LogP contribution in [0.15, 0.2) is 24.3 Å². The van der Waals surface area contributed by atoms with E-state index in [0.29, 0.717) is 31.6 Å². The van der Waals surface area contributed by atoms with Crippen LogP contribution in [0.2, 0.25) is 0 Å². The van der Waals surface area contributed by atoms with Crippen molar-refractivity contribution in [3.8, 4) is 10.6 Å². The third kappa shape index (κ3) is 3.41. The van der Waals surface area contributed by atoms with Gasteiger partial charge in [-0.05, 0) is 18.6 Å². The molecule has 1 atom stereocenters. The molecule has 1 aromatic heterocycles. The highest BCUT2D eigenvalue weighted by molar-refractivity contribution is 7.14. The maximum Gasteiger partial charge on any atom is 0.410 e. The Morgan fingerprint density at radius 3 is 2.93 bits per heavy atom. The van der Waals surface area contributed by atoms with Gasteiger partial charge in [-0.3, -0.25) is 4.79 Å². The summed E-state index contributed by atoms with van der Waals surface area (Å²) in [5, 5.41) is 10.3. The number of hydrogen-bond acceptors (Lipinski definition) is 6. The summed E-state index contributed by atoms with van der Waals surface area (Å²) < 4.78 is 5.53. The van der Waals surface area contributed by atoms with E-state index in [1.54, 1.807) is 28.2 Å². The molecule has 27 heavy (non-hydrogen) atoms. The maximum absolute atomic E-state index is 13.0. The number of ether oxygens (including phenoxy) is 1. The molecule has 3 heterocycles. The van der Waals surface area contributed by atoms with Crippen molar-refractivity contribution in [2.75, 3.05) is 26.7 Å². The van der Waals surface area contributed by atoms with Gasteiger partial charge >= 0.3 is 6.09 Å². The number of rotatable bonds is 4. The molecule has 4 rings (SSSR count). The highest BCUT2D eigenvalue weighted by Crippen LogP contribution is 2.33. The molecule has 0 bridgehead atoms. The number of carbonyl (C=O) groups is 2. The minimum atomic E-state index is -0.562. The van der Waals surface area contributed by atoms with Gasteiger partial charge in [0.1, 0.15) is 10.0 Å².